The normalized spacial score (nSPS) is 16.7. The highest BCUT2D eigenvalue weighted by molar-refractivity contribution is 5.96. The summed E-state index contributed by atoms with van der Waals surface area (Å²) >= 11 is 0. The molecule has 1 fully saturated rings. The molecule has 1 aromatic carbocycles. The lowest BCUT2D eigenvalue weighted by Gasteiger charge is -2.30. The van der Waals surface area contributed by atoms with Crippen LogP contribution in [0.3, 0.4) is 0 Å². The Bertz CT molecular complexity index is 428. The zero-order valence-corrected chi connectivity index (χ0v) is 11.5. The summed E-state index contributed by atoms with van der Waals surface area (Å²) in [6.45, 7) is 9.84. The van der Waals surface area contributed by atoms with E-state index in [9.17, 15) is 4.79 Å². The van der Waals surface area contributed by atoms with Gasteiger partial charge in [0.05, 0.1) is 0 Å². The van der Waals surface area contributed by atoms with E-state index in [0.717, 1.165) is 37.3 Å². The van der Waals surface area contributed by atoms with Crippen molar-refractivity contribution in [3.63, 3.8) is 0 Å². The average molecular weight is 246 g/mol. The lowest BCUT2D eigenvalue weighted by Crippen LogP contribution is -2.46. The Balaban J connectivity index is 2.30. The molecule has 0 aromatic heterocycles. The third kappa shape index (κ3) is 2.72. The molecule has 1 aliphatic rings. The van der Waals surface area contributed by atoms with Gasteiger partial charge >= 0.3 is 0 Å². The molecule has 0 spiro atoms. The summed E-state index contributed by atoms with van der Waals surface area (Å²) in [4.78, 5) is 14.5. The topological polar surface area (TPSA) is 32.3 Å². The summed E-state index contributed by atoms with van der Waals surface area (Å²) in [7, 11) is 0. The monoisotopic (exact) mass is 246 g/mol. The highest BCUT2D eigenvalue weighted by atomic mass is 16.2. The number of amides is 1. The molecule has 98 valence electrons. The van der Waals surface area contributed by atoms with E-state index >= 15 is 0 Å². The van der Waals surface area contributed by atoms with Crippen LogP contribution in [0.15, 0.2) is 24.3 Å². The van der Waals surface area contributed by atoms with Gasteiger partial charge in [-0.25, -0.2) is 0 Å². The van der Waals surface area contributed by atoms with Crippen LogP contribution in [-0.4, -0.2) is 37.0 Å². The Morgan fingerprint density at radius 2 is 1.78 bits per heavy atom. The van der Waals surface area contributed by atoms with Crippen LogP contribution >= 0.6 is 0 Å². The van der Waals surface area contributed by atoms with Crippen molar-refractivity contribution >= 4 is 5.91 Å². The predicted molar refractivity (Wildman–Crippen MR) is 73.9 cm³/mol. The van der Waals surface area contributed by atoms with Crippen LogP contribution in [0.4, 0.5) is 0 Å². The van der Waals surface area contributed by atoms with Crippen molar-refractivity contribution in [1.82, 2.24) is 10.2 Å². The molecule has 1 heterocycles. The van der Waals surface area contributed by atoms with Crippen molar-refractivity contribution in [3.8, 4) is 0 Å². The van der Waals surface area contributed by atoms with E-state index in [1.807, 2.05) is 23.1 Å². The fourth-order valence-corrected chi connectivity index (χ4v) is 2.36. The van der Waals surface area contributed by atoms with Crippen molar-refractivity contribution in [2.75, 3.05) is 26.2 Å². The van der Waals surface area contributed by atoms with Gasteiger partial charge in [0, 0.05) is 31.7 Å². The van der Waals surface area contributed by atoms with E-state index < -0.39 is 0 Å². The smallest absolute Gasteiger partial charge is 0.254 e. The molecule has 1 saturated heterocycles. The van der Waals surface area contributed by atoms with Gasteiger partial charge in [0.2, 0.25) is 0 Å². The molecule has 0 bridgehead atoms. The molecule has 2 rings (SSSR count). The summed E-state index contributed by atoms with van der Waals surface area (Å²) in [5.41, 5.74) is 1.99. The number of nitrogens with one attached hydrogen (secondary N) is 1. The molecule has 1 aliphatic heterocycles. The second kappa shape index (κ2) is 5.11. The van der Waals surface area contributed by atoms with Crippen molar-refractivity contribution in [1.29, 1.82) is 0 Å². The summed E-state index contributed by atoms with van der Waals surface area (Å²) < 4.78 is 0. The molecule has 1 amide bonds. The van der Waals surface area contributed by atoms with Crippen LogP contribution in [0.2, 0.25) is 0 Å². The zero-order valence-electron chi connectivity index (χ0n) is 11.5. The maximum Gasteiger partial charge on any atom is 0.254 e. The molecule has 18 heavy (non-hydrogen) atoms. The Hall–Kier alpha value is -1.35. The molecular weight excluding hydrogens is 224 g/mol. The lowest BCUT2D eigenvalue weighted by molar-refractivity contribution is 0.0733. The van der Waals surface area contributed by atoms with Crippen molar-refractivity contribution in [2.45, 2.75) is 26.2 Å². The summed E-state index contributed by atoms with van der Waals surface area (Å²) in [6.07, 6.45) is 0. The van der Waals surface area contributed by atoms with Crippen LogP contribution in [0, 0.1) is 0 Å². The molecule has 0 atom stereocenters. The first-order valence-corrected chi connectivity index (χ1v) is 6.59. The van der Waals surface area contributed by atoms with Gasteiger partial charge in [-0.05, 0) is 17.0 Å². The van der Waals surface area contributed by atoms with Gasteiger partial charge in [-0.1, -0.05) is 39.0 Å². The maximum absolute atomic E-state index is 12.6. The van der Waals surface area contributed by atoms with Gasteiger partial charge in [0.25, 0.3) is 5.91 Å². The van der Waals surface area contributed by atoms with Gasteiger partial charge in [-0.2, -0.15) is 0 Å². The van der Waals surface area contributed by atoms with Crippen LogP contribution < -0.4 is 5.32 Å². The maximum atomic E-state index is 12.6. The summed E-state index contributed by atoms with van der Waals surface area (Å²) in [5, 5.41) is 3.27. The van der Waals surface area contributed by atoms with Crippen LogP contribution in [-0.2, 0) is 5.41 Å². The predicted octanol–water partition coefficient (Wildman–Crippen LogP) is 2.03. The van der Waals surface area contributed by atoms with E-state index in [0.29, 0.717) is 0 Å². The fourth-order valence-electron chi connectivity index (χ4n) is 2.36. The summed E-state index contributed by atoms with van der Waals surface area (Å²) in [5.74, 6) is 0.169. The minimum atomic E-state index is 0.000288. The van der Waals surface area contributed by atoms with E-state index in [1.54, 1.807) is 0 Å². The molecule has 1 aromatic rings. The minimum absolute atomic E-state index is 0.000288. The number of hydrogen-bond acceptors (Lipinski definition) is 2. The number of piperazine rings is 1. The third-order valence-corrected chi connectivity index (χ3v) is 3.37. The van der Waals surface area contributed by atoms with E-state index in [1.165, 1.54) is 0 Å². The Kier molecular flexibility index (Phi) is 3.71. The highest BCUT2D eigenvalue weighted by Crippen LogP contribution is 2.26. The zero-order chi connectivity index (χ0) is 13.2. The molecule has 1 N–H and O–H groups in total. The molecule has 0 saturated carbocycles. The largest absolute Gasteiger partial charge is 0.336 e. The molecule has 3 heteroatoms. The first kappa shape index (κ1) is 13.1. The first-order chi connectivity index (χ1) is 8.50. The SMILES string of the molecule is CC(C)(C)c1ccccc1C(=O)N1CCNCC1. The van der Waals surface area contributed by atoms with Crippen LogP contribution in [0.1, 0.15) is 36.7 Å². The second-order valence-electron chi connectivity index (χ2n) is 5.84. The first-order valence-electron chi connectivity index (χ1n) is 6.59. The lowest BCUT2D eigenvalue weighted by atomic mass is 9.83. The van der Waals surface area contributed by atoms with Gasteiger partial charge in [0.1, 0.15) is 0 Å². The quantitative estimate of drug-likeness (QED) is 0.822. The third-order valence-electron chi connectivity index (χ3n) is 3.37. The van der Waals surface area contributed by atoms with Crippen molar-refractivity contribution < 1.29 is 4.79 Å². The van der Waals surface area contributed by atoms with Gasteiger partial charge in [-0.3, -0.25) is 4.79 Å². The van der Waals surface area contributed by atoms with E-state index in [-0.39, 0.29) is 11.3 Å². The number of carbonyl (C=O) groups excluding carboxylic acids is 1. The standard InChI is InChI=1S/C15H22N2O/c1-15(2,3)13-7-5-4-6-12(13)14(18)17-10-8-16-9-11-17/h4-7,16H,8-11H2,1-3H3. The van der Waals surface area contributed by atoms with Gasteiger partial charge < -0.3 is 10.2 Å². The minimum Gasteiger partial charge on any atom is -0.336 e. The number of carbonyl (C=O) groups is 1. The van der Waals surface area contributed by atoms with Crippen LogP contribution in [0.5, 0.6) is 0 Å². The van der Waals surface area contributed by atoms with Crippen molar-refractivity contribution in [2.24, 2.45) is 0 Å². The van der Waals surface area contributed by atoms with E-state index in [2.05, 4.69) is 32.2 Å². The molecule has 0 aliphatic carbocycles. The van der Waals surface area contributed by atoms with Crippen LogP contribution in [0.25, 0.3) is 0 Å². The number of benzene rings is 1. The Labute approximate surface area is 109 Å². The van der Waals surface area contributed by atoms with Gasteiger partial charge in [0.15, 0.2) is 0 Å². The molecule has 0 radical (unpaired) electrons. The molecule has 0 unspecified atom stereocenters. The van der Waals surface area contributed by atoms with Crippen molar-refractivity contribution in [3.05, 3.63) is 35.4 Å². The number of hydrogen-bond donors (Lipinski definition) is 1. The molecular formula is C15H22N2O. The fraction of sp³-hybridized carbons (Fsp3) is 0.533. The highest BCUT2D eigenvalue weighted by Gasteiger charge is 2.25. The average Bonchev–Trinajstić information content (AvgIpc) is 2.38. The number of rotatable bonds is 1. The second-order valence-corrected chi connectivity index (χ2v) is 5.84. The Morgan fingerprint density at radius 1 is 1.17 bits per heavy atom. The van der Waals surface area contributed by atoms with E-state index in [4.69, 9.17) is 0 Å². The van der Waals surface area contributed by atoms with Gasteiger partial charge in [-0.15, -0.1) is 0 Å². The number of nitrogens with zero attached hydrogens (tertiary/aromatic N) is 1. The molecule has 3 nitrogen and oxygen atoms in total. The Morgan fingerprint density at radius 3 is 2.39 bits per heavy atom. The summed E-state index contributed by atoms with van der Waals surface area (Å²) in [6, 6.07) is 7.97.